The zero-order valence-corrected chi connectivity index (χ0v) is 14.9. The first-order chi connectivity index (χ1) is 9.26. The minimum atomic E-state index is -1.33. The van der Waals surface area contributed by atoms with Crippen molar-refractivity contribution in [3.63, 3.8) is 0 Å². The molecule has 0 N–H and O–H groups in total. The summed E-state index contributed by atoms with van der Waals surface area (Å²) in [7, 11) is -1.33. The first-order valence-electron chi connectivity index (χ1n) is 7.30. The van der Waals surface area contributed by atoms with Gasteiger partial charge in [-0.05, 0) is 43.8 Å². The summed E-state index contributed by atoms with van der Waals surface area (Å²) in [4.78, 5) is 22.5. The number of ether oxygens (including phenoxy) is 1. The maximum Gasteiger partial charge on any atom is 0.333 e. The third kappa shape index (κ3) is 11.2. The highest BCUT2D eigenvalue weighted by molar-refractivity contribution is 6.77. The molecule has 0 unspecified atom stereocenters. The fourth-order valence-electron chi connectivity index (χ4n) is 1.88. The first kappa shape index (κ1) is 19.4. The molecule has 0 aliphatic carbocycles. The van der Waals surface area contributed by atoms with Crippen LogP contribution in [0.4, 0.5) is 0 Å². The van der Waals surface area contributed by atoms with Crippen LogP contribution in [0, 0.1) is 0 Å². The van der Waals surface area contributed by atoms with Crippen LogP contribution >= 0.6 is 11.6 Å². The highest BCUT2D eigenvalue weighted by Gasteiger charge is 2.20. The van der Waals surface area contributed by atoms with Crippen molar-refractivity contribution in [2.75, 3.05) is 6.61 Å². The van der Waals surface area contributed by atoms with Crippen LogP contribution in [0.25, 0.3) is 0 Å². The molecule has 3 nitrogen and oxygen atoms in total. The summed E-state index contributed by atoms with van der Waals surface area (Å²) in [6.07, 6.45) is 6.05. The van der Waals surface area contributed by atoms with Crippen molar-refractivity contribution in [1.82, 2.24) is 0 Å². The van der Waals surface area contributed by atoms with Crippen LogP contribution in [-0.2, 0) is 14.3 Å². The zero-order chi connectivity index (χ0) is 15.6. The van der Waals surface area contributed by atoms with E-state index in [9.17, 15) is 9.59 Å². The second kappa shape index (κ2) is 10.2. The maximum atomic E-state index is 11.9. The third-order valence-electron chi connectivity index (χ3n) is 2.73. The van der Waals surface area contributed by atoms with E-state index in [4.69, 9.17) is 16.3 Å². The largest absolute Gasteiger partial charge is 0.463 e. The Morgan fingerprint density at radius 1 is 1.15 bits per heavy atom. The standard InChI is InChI=1S/C15H27ClO3Si/c1-5-19-15(18)13(12-20(2,3)4)10-8-6-7-9-11-14(16)17/h10H,5-9,11-12H2,1-4H3/b13-10+. The molecular formula is C15H27ClO3Si. The van der Waals surface area contributed by atoms with Gasteiger partial charge in [-0.1, -0.05) is 32.1 Å². The van der Waals surface area contributed by atoms with E-state index in [1.807, 2.05) is 13.0 Å². The van der Waals surface area contributed by atoms with Gasteiger partial charge in [0.25, 0.3) is 0 Å². The molecule has 0 amide bonds. The molecule has 0 aliphatic rings. The lowest BCUT2D eigenvalue weighted by atomic mass is 10.1. The molecule has 0 heterocycles. The molecule has 116 valence electrons. The minimum Gasteiger partial charge on any atom is -0.463 e. The molecule has 0 spiro atoms. The number of carbonyl (C=O) groups is 2. The van der Waals surface area contributed by atoms with Crippen LogP contribution < -0.4 is 0 Å². The van der Waals surface area contributed by atoms with E-state index >= 15 is 0 Å². The number of allylic oxidation sites excluding steroid dienone is 1. The van der Waals surface area contributed by atoms with E-state index in [-0.39, 0.29) is 11.2 Å². The van der Waals surface area contributed by atoms with Gasteiger partial charge in [0, 0.05) is 20.1 Å². The van der Waals surface area contributed by atoms with Crippen molar-refractivity contribution in [1.29, 1.82) is 0 Å². The molecule has 0 saturated heterocycles. The Morgan fingerprint density at radius 3 is 2.30 bits per heavy atom. The molecular weight excluding hydrogens is 292 g/mol. The number of unbranched alkanes of at least 4 members (excludes halogenated alkanes) is 3. The van der Waals surface area contributed by atoms with Crippen LogP contribution in [-0.4, -0.2) is 25.9 Å². The van der Waals surface area contributed by atoms with Crippen molar-refractivity contribution in [3.05, 3.63) is 11.6 Å². The molecule has 5 heteroatoms. The molecule has 0 radical (unpaired) electrons. The van der Waals surface area contributed by atoms with Gasteiger partial charge in [0.15, 0.2) is 0 Å². The third-order valence-corrected chi connectivity index (χ3v) is 4.36. The van der Waals surface area contributed by atoms with Gasteiger partial charge in [0.2, 0.25) is 5.24 Å². The number of hydrogen-bond acceptors (Lipinski definition) is 3. The fraction of sp³-hybridized carbons (Fsp3) is 0.733. The number of hydrogen-bond donors (Lipinski definition) is 0. The van der Waals surface area contributed by atoms with Crippen LogP contribution in [0.1, 0.15) is 39.0 Å². The highest BCUT2D eigenvalue weighted by atomic mass is 35.5. The van der Waals surface area contributed by atoms with Gasteiger partial charge in [-0.15, -0.1) is 0 Å². The van der Waals surface area contributed by atoms with E-state index < -0.39 is 8.07 Å². The lowest BCUT2D eigenvalue weighted by Gasteiger charge is -2.17. The average molecular weight is 319 g/mol. The zero-order valence-electron chi connectivity index (χ0n) is 13.1. The normalized spacial score (nSPS) is 12.3. The van der Waals surface area contributed by atoms with E-state index in [1.165, 1.54) is 0 Å². The second-order valence-electron chi connectivity index (χ2n) is 6.14. The summed E-state index contributed by atoms with van der Waals surface area (Å²) < 4.78 is 5.11. The summed E-state index contributed by atoms with van der Waals surface area (Å²) in [6, 6.07) is 0.853. The Kier molecular flexibility index (Phi) is 9.85. The number of carbonyl (C=O) groups excluding carboxylic acids is 2. The van der Waals surface area contributed by atoms with Crippen molar-refractivity contribution in [2.24, 2.45) is 0 Å². The molecule has 0 saturated carbocycles. The Labute approximate surface area is 128 Å². The Balaban J connectivity index is 4.28. The number of halogens is 1. The van der Waals surface area contributed by atoms with Crippen molar-refractivity contribution in [2.45, 2.75) is 64.7 Å². The molecule has 0 fully saturated rings. The Bertz CT molecular complexity index is 346. The highest BCUT2D eigenvalue weighted by Crippen LogP contribution is 2.19. The monoisotopic (exact) mass is 318 g/mol. The fourth-order valence-corrected chi connectivity index (χ4v) is 3.45. The smallest absolute Gasteiger partial charge is 0.333 e. The van der Waals surface area contributed by atoms with Gasteiger partial charge in [0.1, 0.15) is 0 Å². The van der Waals surface area contributed by atoms with Crippen molar-refractivity contribution in [3.8, 4) is 0 Å². The first-order valence-corrected chi connectivity index (χ1v) is 11.4. The van der Waals surface area contributed by atoms with E-state index in [2.05, 4.69) is 19.6 Å². The topological polar surface area (TPSA) is 43.4 Å². The lowest BCUT2D eigenvalue weighted by Crippen LogP contribution is -2.23. The second-order valence-corrected chi connectivity index (χ2v) is 12.0. The quantitative estimate of drug-likeness (QED) is 0.195. The van der Waals surface area contributed by atoms with E-state index in [0.717, 1.165) is 37.3 Å². The average Bonchev–Trinajstić information content (AvgIpc) is 2.30. The molecule has 0 aromatic heterocycles. The molecule has 0 aromatic carbocycles. The lowest BCUT2D eigenvalue weighted by molar-refractivity contribution is -0.138. The van der Waals surface area contributed by atoms with Crippen LogP contribution in [0.2, 0.25) is 25.7 Å². The van der Waals surface area contributed by atoms with Crippen molar-refractivity contribution < 1.29 is 14.3 Å². The predicted molar refractivity (Wildman–Crippen MR) is 86.8 cm³/mol. The molecule has 0 aliphatic heterocycles. The summed E-state index contributed by atoms with van der Waals surface area (Å²) in [5, 5.41) is -0.272. The van der Waals surface area contributed by atoms with Gasteiger partial charge in [-0.2, -0.15) is 0 Å². The van der Waals surface area contributed by atoms with Crippen molar-refractivity contribution >= 4 is 30.9 Å². The van der Waals surface area contributed by atoms with Crippen LogP contribution in [0.15, 0.2) is 11.6 Å². The summed E-state index contributed by atoms with van der Waals surface area (Å²) in [5.74, 6) is -0.175. The summed E-state index contributed by atoms with van der Waals surface area (Å²) in [6.45, 7) is 8.97. The Morgan fingerprint density at radius 2 is 1.80 bits per heavy atom. The Hall–Kier alpha value is -0.613. The van der Waals surface area contributed by atoms with Gasteiger partial charge < -0.3 is 4.74 Å². The van der Waals surface area contributed by atoms with Gasteiger partial charge in [0.05, 0.1) is 6.61 Å². The maximum absolute atomic E-state index is 11.9. The minimum absolute atomic E-state index is 0.175. The van der Waals surface area contributed by atoms with Gasteiger partial charge >= 0.3 is 5.97 Å². The summed E-state index contributed by atoms with van der Waals surface area (Å²) in [5.41, 5.74) is 0.819. The number of esters is 1. The molecule has 0 bridgehead atoms. The van der Waals surface area contributed by atoms with Gasteiger partial charge in [-0.25, -0.2) is 4.79 Å². The van der Waals surface area contributed by atoms with Crippen LogP contribution in [0.5, 0.6) is 0 Å². The SMILES string of the molecule is CCOC(=O)/C(=C/CCCCCC(=O)Cl)C[Si](C)(C)C. The molecule has 0 aromatic rings. The molecule has 20 heavy (non-hydrogen) atoms. The van der Waals surface area contributed by atoms with E-state index in [1.54, 1.807) is 0 Å². The predicted octanol–water partition coefficient (Wildman–Crippen LogP) is 4.53. The van der Waals surface area contributed by atoms with Crippen LogP contribution in [0.3, 0.4) is 0 Å². The van der Waals surface area contributed by atoms with E-state index in [0.29, 0.717) is 13.0 Å². The molecule has 0 rings (SSSR count). The summed E-state index contributed by atoms with van der Waals surface area (Å²) >= 11 is 5.28. The van der Waals surface area contributed by atoms with Gasteiger partial charge in [-0.3, -0.25) is 4.79 Å². The molecule has 0 atom stereocenters. The number of rotatable bonds is 10.